The molecule has 0 bridgehead atoms. The van der Waals surface area contributed by atoms with Crippen LogP contribution in [0.15, 0.2) is 47.4 Å². The van der Waals surface area contributed by atoms with Crippen molar-refractivity contribution in [2.75, 3.05) is 12.9 Å². The van der Waals surface area contributed by atoms with Gasteiger partial charge in [0.2, 0.25) is 0 Å². The number of ether oxygens (including phenoxy) is 1. The Morgan fingerprint density at radius 3 is 2.67 bits per heavy atom. The molecule has 0 unspecified atom stereocenters. The Balaban J connectivity index is 1.98. The van der Waals surface area contributed by atoms with E-state index in [1.54, 1.807) is 18.2 Å². The summed E-state index contributed by atoms with van der Waals surface area (Å²) in [6.45, 7) is 2.01. The van der Waals surface area contributed by atoms with Gasteiger partial charge in [-0.25, -0.2) is 4.39 Å². The number of carbonyl (C=O) groups is 1. The van der Waals surface area contributed by atoms with Crippen molar-refractivity contribution in [3.8, 4) is 5.75 Å². The monoisotopic (exact) mass is 304 g/mol. The normalized spacial score (nSPS) is 10.4. The summed E-state index contributed by atoms with van der Waals surface area (Å²) in [5.74, 6) is 0.0538. The molecule has 0 aliphatic carbocycles. The second kappa shape index (κ2) is 7.27. The number of hydrogen-bond acceptors (Lipinski definition) is 3. The molecule has 0 amide bonds. The highest BCUT2D eigenvalue weighted by Gasteiger charge is 2.12. The summed E-state index contributed by atoms with van der Waals surface area (Å²) in [5, 5.41) is 0. The van der Waals surface area contributed by atoms with Gasteiger partial charge in [0.15, 0.2) is 11.6 Å². The molecular weight excluding hydrogens is 287 g/mol. The van der Waals surface area contributed by atoms with E-state index in [2.05, 4.69) is 0 Å². The van der Waals surface area contributed by atoms with Gasteiger partial charge >= 0.3 is 0 Å². The van der Waals surface area contributed by atoms with Gasteiger partial charge in [-0.05, 0) is 30.2 Å². The predicted octanol–water partition coefficient (Wildman–Crippen LogP) is 4.05. The molecule has 2 nitrogen and oxygen atoms in total. The van der Waals surface area contributed by atoms with Gasteiger partial charge < -0.3 is 4.74 Å². The van der Waals surface area contributed by atoms with Gasteiger partial charge in [-0.3, -0.25) is 4.79 Å². The van der Waals surface area contributed by atoms with Crippen molar-refractivity contribution in [1.82, 2.24) is 0 Å². The van der Waals surface area contributed by atoms with Gasteiger partial charge in [0, 0.05) is 11.3 Å². The largest absolute Gasteiger partial charge is 0.494 e. The van der Waals surface area contributed by atoms with Gasteiger partial charge in [0.05, 0.1) is 12.9 Å². The van der Waals surface area contributed by atoms with Crippen molar-refractivity contribution >= 4 is 17.5 Å². The third kappa shape index (κ3) is 4.08. The van der Waals surface area contributed by atoms with Gasteiger partial charge in [0.1, 0.15) is 5.78 Å². The first-order chi connectivity index (χ1) is 10.1. The molecule has 0 fully saturated rings. The summed E-state index contributed by atoms with van der Waals surface area (Å²) < 4.78 is 18.9. The molecule has 0 spiro atoms. The third-order valence-electron chi connectivity index (χ3n) is 3.13. The summed E-state index contributed by atoms with van der Waals surface area (Å²) >= 11 is 1.49. The van der Waals surface area contributed by atoms with E-state index in [1.165, 1.54) is 18.9 Å². The Labute approximate surface area is 128 Å². The number of hydrogen-bond donors (Lipinski definition) is 0. The van der Waals surface area contributed by atoms with Gasteiger partial charge in [-0.1, -0.05) is 30.3 Å². The standard InChI is InChI=1S/C17H17FO2S/c1-12-6-3-4-9-16(12)21-11-14(19)10-13-7-5-8-15(20-2)17(13)18/h3-9H,10-11H2,1-2H3. The van der Waals surface area contributed by atoms with Gasteiger partial charge in [0.25, 0.3) is 0 Å². The topological polar surface area (TPSA) is 26.3 Å². The highest BCUT2D eigenvalue weighted by atomic mass is 32.2. The Morgan fingerprint density at radius 1 is 1.19 bits per heavy atom. The first kappa shape index (κ1) is 15.6. The van der Waals surface area contributed by atoms with E-state index >= 15 is 0 Å². The van der Waals surface area contributed by atoms with Crippen LogP contribution in [0.1, 0.15) is 11.1 Å². The van der Waals surface area contributed by atoms with Crippen LogP contribution >= 0.6 is 11.8 Å². The van der Waals surface area contributed by atoms with E-state index in [0.717, 1.165) is 10.5 Å². The lowest BCUT2D eigenvalue weighted by molar-refractivity contribution is -0.116. The molecule has 2 rings (SSSR count). The van der Waals surface area contributed by atoms with Crippen molar-refractivity contribution < 1.29 is 13.9 Å². The van der Waals surface area contributed by atoms with Crippen LogP contribution in [0.3, 0.4) is 0 Å². The number of halogens is 1. The molecule has 21 heavy (non-hydrogen) atoms. The Morgan fingerprint density at radius 2 is 1.95 bits per heavy atom. The van der Waals surface area contributed by atoms with E-state index in [1.807, 2.05) is 31.2 Å². The number of thioether (sulfide) groups is 1. The molecule has 0 heterocycles. The molecular formula is C17H17FO2S. The summed E-state index contributed by atoms with van der Waals surface area (Å²) in [6.07, 6.45) is 0.0852. The number of methoxy groups -OCH3 is 1. The lowest BCUT2D eigenvalue weighted by Crippen LogP contribution is -2.08. The Bertz CT molecular complexity index is 640. The molecule has 4 heteroatoms. The minimum absolute atomic E-state index is 0.00425. The van der Waals surface area contributed by atoms with Crippen LogP contribution in [0.4, 0.5) is 4.39 Å². The van der Waals surface area contributed by atoms with Crippen LogP contribution in [-0.4, -0.2) is 18.6 Å². The average molecular weight is 304 g/mol. The Hall–Kier alpha value is -1.81. The summed E-state index contributed by atoms with van der Waals surface area (Å²) in [6, 6.07) is 12.8. The van der Waals surface area contributed by atoms with Crippen molar-refractivity contribution in [3.05, 3.63) is 59.4 Å². The van der Waals surface area contributed by atoms with Crippen LogP contribution in [0.5, 0.6) is 5.75 Å². The third-order valence-corrected chi connectivity index (χ3v) is 4.37. The number of benzene rings is 2. The fourth-order valence-electron chi connectivity index (χ4n) is 1.99. The lowest BCUT2D eigenvalue weighted by Gasteiger charge is -2.07. The highest BCUT2D eigenvalue weighted by Crippen LogP contribution is 2.24. The minimum atomic E-state index is -0.450. The zero-order valence-electron chi connectivity index (χ0n) is 12.1. The molecule has 2 aromatic carbocycles. The first-order valence-corrected chi connectivity index (χ1v) is 7.62. The second-order valence-corrected chi connectivity index (χ2v) is 5.72. The summed E-state index contributed by atoms with van der Waals surface area (Å²) in [7, 11) is 1.41. The minimum Gasteiger partial charge on any atom is -0.494 e. The van der Waals surface area contributed by atoms with Crippen LogP contribution in [0.25, 0.3) is 0 Å². The number of ketones is 1. The molecule has 0 aromatic heterocycles. The zero-order chi connectivity index (χ0) is 15.2. The Kier molecular flexibility index (Phi) is 5.39. The zero-order valence-corrected chi connectivity index (χ0v) is 12.9. The fourth-order valence-corrected chi connectivity index (χ4v) is 2.88. The van der Waals surface area contributed by atoms with Crippen LogP contribution in [-0.2, 0) is 11.2 Å². The van der Waals surface area contributed by atoms with Gasteiger partial charge in [-0.15, -0.1) is 11.8 Å². The summed E-state index contributed by atoms with van der Waals surface area (Å²) in [4.78, 5) is 13.1. The van der Waals surface area contributed by atoms with E-state index in [-0.39, 0.29) is 18.0 Å². The van der Waals surface area contributed by atoms with Crippen molar-refractivity contribution in [2.24, 2.45) is 0 Å². The lowest BCUT2D eigenvalue weighted by atomic mass is 10.1. The smallest absolute Gasteiger partial charge is 0.168 e. The molecule has 0 saturated carbocycles. The first-order valence-electron chi connectivity index (χ1n) is 6.63. The summed E-state index contributed by atoms with van der Waals surface area (Å²) in [5.41, 5.74) is 1.52. The average Bonchev–Trinajstić information content (AvgIpc) is 2.48. The highest BCUT2D eigenvalue weighted by molar-refractivity contribution is 8.00. The maximum absolute atomic E-state index is 14.0. The molecule has 0 radical (unpaired) electrons. The molecule has 0 aliphatic heterocycles. The number of rotatable bonds is 6. The predicted molar refractivity (Wildman–Crippen MR) is 83.6 cm³/mol. The fraction of sp³-hybridized carbons (Fsp3) is 0.235. The van der Waals surface area contributed by atoms with E-state index in [4.69, 9.17) is 4.74 Å². The maximum Gasteiger partial charge on any atom is 0.168 e. The van der Waals surface area contributed by atoms with Crippen molar-refractivity contribution in [2.45, 2.75) is 18.2 Å². The van der Waals surface area contributed by atoms with Gasteiger partial charge in [-0.2, -0.15) is 0 Å². The molecule has 0 atom stereocenters. The van der Waals surface area contributed by atoms with Crippen LogP contribution in [0, 0.1) is 12.7 Å². The number of Topliss-reactive ketones (excluding diaryl/α,β-unsaturated/α-hetero) is 1. The maximum atomic E-state index is 14.0. The number of aryl methyl sites for hydroxylation is 1. The molecule has 0 N–H and O–H groups in total. The molecule has 110 valence electrons. The van der Waals surface area contributed by atoms with Crippen molar-refractivity contribution in [1.29, 1.82) is 0 Å². The SMILES string of the molecule is COc1cccc(CC(=O)CSc2ccccc2C)c1F. The quantitative estimate of drug-likeness (QED) is 0.753. The second-order valence-electron chi connectivity index (χ2n) is 4.70. The number of carbonyl (C=O) groups excluding carboxylic acids is 1. The van der Waals surface area contributed by atoms with E-state index in [9.17, 15) is 9.18 Å². The molecule has 0 saturated heterocycles. The molecule has 2 aromatic rings. The van der Waals surface area contributed by atoms with Crippen molar-refractivity contribution in [3.63, 3.8) is 0 Å². The molecule has 0 aliphatic rings. The van der Waals surface area contributed by atoms with Crippen LogP contribution in [0.2, 0.25) is 0 Å². The van der Waals surface area contributed by atoms with E-state index in [0.29, 0.717) is 11.3 Å². The van der Waals surface area contributed by atoms with Crippen LogP contribution < -0.4 is 4.74 Å². The van der Waals surface area contributed by atoms with E-state index < -0.39 is 5.82 Å².